The molecular formula is C20H32N6O7S. The van der Waals surface area contributed by atoms with E-state index in [-0.39, 0.29) is 24.7 Å². The monoisotopic (exact) mass is 500 g/mol. The predicted octanol–water partition coefficient (Wildman–Crippen LogP) is -2.95. The molecule has 14 heteroatoms. The Morgan fingerprint density at radius 1 is 0.971 bits per heavy atom. The van der Waals surface area contributed by atoms with Crippen molar-refractivity contribution < 1.29 is 33.9 Å². The maximum absolute atomic E-state index is 12.6. The molecule has 2 rings (SSSR count). The second-order valence-electron chi connectivity index (χ2n) is 8.22. The fourth-order valence-electron chi connectivity index (χ4n) is 4.04. The highest BCUT2D eigenvalue weighted by Crippen LogP contribution is 2.18. The zero-order valence-electron chi connectivity index (χ0n) is 19.0. The number of carboxylic acids is 1. The van der Waals surface area contributed by atoms with Gasteiger partial charge in [0, 0.05) is 18.8 Å². The van der Waals surface area contributed by atoms with E-state index in [1.807, 2.05) is 0 Å². The van der Waals surface area contributed by atoms with Gasteiger partial charge in [-0.2, -0.15) is 12.6 Å². The molecule has 0 aromatic heterocycles. The van der Waals surface area contributed by atoms with Gasteiger partial charge in [-0.05, 0) is 32.6 Å². The number of nitrogens with two attached hydrogens (primary N) is 1. The van der Waals surface area contributed by atoms with Crippen LogP contribution < -0.4 is 21.7 Å². The van der Waals surface area contributed by atoms with Gasteiger partial charge in [-0.25, -0.2) is 4.79 Å². The van der Waals surface area contributed by atoms with Gasteiger partial charge in [0.2, 0.25) is 29.5 Å². The highest BCUT2D eigenvalue weighted by Gasteiger charge is 2.37. The molecule has 0 aliphatic carbocycles. The molecule has 34 heavy (non-hydrogen) atoms. The lowest BCUT2D eigenvalue weighted by atomic mass is 10.2. The number of carbonyl (C=O) groups is 6. The van der Waals surface area contributed by atoms with Crippen molar-refractivity contribution in [2.75, 3.05) is 31.9 Å². The van der Waals surface area contributed by atoms with Crippen LogP contribution in [0.3, 0.4) is 0 Å². The second kappa shape index (κ2) is 12.6. The molecular weight excluding hydrogens is 468 g/mol. The summed E-state index contributed by atoms with van der Waals surface area (Å²) in [6.45, 7) is 1.58. The van der Waals surface area contributed by atoms with Gasteiger partial charge < -0.3 is 36.6 Å². The quantitative estimate of drug-likeness (QED) is 0.171. The van der Waals surface area contributed by atoms with Crippen molar-refractivity contribution in [3.63, 3.8) is 0 Å². The number of amides is 5. The third kappa shape index (κ3) is 6.82. The highest BCUT2D eigenvalue weighted by molar-refractivity contribution is 7.80. The summed E-state index contributed by atoms with van der Waals surface area (Å²) in [4.78, 5) is 75.7. The third-order valence-electron chi connectivity index (χ3n) is 5.89. The third-order valence-corrected chi connectivity index (χ3v) is 6.25. The van der Waals surface area contributed by atoms with Crippen LogP contribution in [-0.2, 0) is 28.8 Å². The number of rotatable bonds is 10. The average Bonchev–Trinajstić information content (AvgIpc) is 3.49. The summed E-state index contributed by atoms with van der Waals surface area (Å²) in [5.41, 5.74) is 5.38. The van der Waals surface area contributed by atoms with Crippen LogP contribution in [0.25, 0.3) is 0 Å². The number of hydrogen-bond donors (Lipinski definition) is 6. The van der Waals surface area contributed by atoms with Crippen molar-refractivity contribution in [1.29, 1.82) is 0 Å². The maximum atomic E-state index is 12.6. The van der Waals surface area contributed by atoms with Crippen LogP contribution in [0.15, 0.2) is 0 Å². The van der Waals surface area contributed by atoms with E-state index in [1.165, 1.54) is 16.7 Å². The van der Waals surface area contributed by atoms with Gasteiger partial charge in [-0.1, -0.05) is 0 Å². The first-order valence-corrected chi connectivity index (χ1v) is 11.7. The molecule has 0 radical (unpaired) electrons. The number of aliphatic carboxylic acids is 1. The minimum atomic E-state index is -1.23. The fourth-order valence-corrected chi connectivity index (χ4v) is 4.29. The Balaban J connectivity index is 1.85. The lowest BCUT2D eigenvalue weighted by Gasteiger charge is -2.26. The molecule has 190 valence electrons. The molecule has 0 spiro atoms. The first kappa shape index (κ1) is 27.4. The minimum absolute atomic E-state index is 0.0968. The van der Waals surface area contributed by atoms with Crippen LogP contribution in [-0.4, -0.2) is 107 Å². The standard InChI is InChI=1S/C20H32N6O7S/c1-11(23-18(30)13-4-2-6-25(13)15(27)8-21)17(29)22-9-16(28)26-7-3-5-14(26)19(31)24-12(10-34)20(32)33/h11-14,34H,2-10,21H2,1H3,(H,22,29)(H,23,30)(H,24,31)(H,32,33)/t11-,12-,13-,14-/m0/s1. The van der Waals surface area contributed by atoms with Crippen LogP contribution in [0.2, 0.25) is 0 Å². The van der Waals surface area contributed by atoms with Crippen molar-refractivity contribution in [2.24, 2.45) is 5.73 Å². The van der Waals surface area contributed by atoms with Crippen molar-refractivity contribution in [2.45, 2.75) is 56.8 Å². The number of likely N-dealkylation sites (tertiary alicyclic amines) is 2. The summed E-state index contributed by atoms with van der Waals surface area (Å²) in [6, 6.07) is -3.66. The first-order chi connectivity index (χ1) is 16.1. The van der Waals surface area contributed by atoms with E-state index in [0.717, 1.165) is 0 Å². The molecule has 2 aliphatic rings. The Kier molecular flexibility index (Phi) is 10.1. The number of carboxylic acid groups (broad SMARTS) is 1. The lowest BCUT2D eigenvalue weighted by molar-refractivity contribution is -0.143. The fraction of sp³-hybridized carbons (Fsp3) is 0.700. The van der Waals surface area contributed by atoms with Crippen molar-refractivity contribution in [3.8, 4) is 0 Å². The Bertz CT molecular complexity index is 825. The normalized spacial score (nSPS) is 21.5. The van der Waals surface area contributed by atoms with E-state index in [0.29, 0.717) is 38.8 Å². The number of nitrogens with one attached hydrogen (secondary N) is 3. The van der Waals surface area contributed by atoms with Gasteiger partial charge in [0.15, 0.2) is 0 Å². The van der Waals surface area contributed by atoms with E-state index in [9.17, 15) is 28.8 Å². The highest BCUT2D eigenvalue weighted by atomic mass is 32.1. The minimum Gasteiger partial charge on any atom is -0.480 e. The molecule has 0 aromatic carbocycles. The molecule has 0 bridgehead atoms. The van der Waals surface area contributed by atoms with Crippen molar-refractivity contribution >= 4 is 48.1 Å². The van der Waals surface area contributed by atoms with Crippen LogP contribution in [0.4, 0.5) is 0 Å². The Morgan fingerprint density at radius 3 is 2.00 bits per heavy atom. The molecule has 5 amide bonds. The first-order valence-electron chi connectivity index (χ1n) is 11.1. The summed E-state index contributed by atoms with van der Waals surface area (Å²) in [6.07, 6.45) is 2.06. The lowest BCUT2D eigenvalue weighted by Crippen LogP contribution is -2.55. The Hall–Kier alpha value is -2.87. The second-order valence-corrected chi connectivity index (χ2v) is 8.59. The molecule has 6 N–H and O–H groups in total. The number of thiol groups is 1. The van der Waals surface area contributed by atoms with Crippen LogP contribution in [0.5, 0.6) is 0 Å². The van der Waals surface area contributed by atoms with E-state index in [1.54, 1.807) is 0 Å². The molecule has 0 aromatic rings. The summed E-state index contributed by atoms with van der Waals surface area (Å²) in [7, 11) is 0. The van der Waals surface area contributed by atoms with Gasteiger partial charge in [0.1, 0.15) is 24.2 Å². The molecule has 2 fully saturated rings. The molecule has 2 saturated heterocycles. The van der Waals surface area contributed by atoms with Crippen LogP contribution >= 0.6 is 12.6 Å². The van der Waals surface area contributed by atoms with Crippen LogP contribution in [0.1, 0.15) is 32.6 Å². The zero-order valence-corrected chi connectivity index (χ0v) is 19.9. The molecule has 2 aliphatic heterocycles. The smallest absolute Gasteiger partial charge is 0.327 e. The Labute approximate surface area is 202 Å². The maximum Gasteiger partial charge on any atom is 0.327 e. The van der Waals surface area contributed by atoms with E-state index in [2.05, 4.69) is 28.6 Å². The molecule has 0 saturated carbocycles. The van der Waals surface area contributed by atoms with Gasteiger partial charge in [0.05, 0.1) is 13.1 Å². The summed E-state index contributed by atoms with van der Waals surface area (Å²) >= 11 is 3.90. The zero-order chi connectivity index (χ0) is 25.4. The molecule has 0 unspecified atom stereocenters. The average molecular weight is 501 g/mol. The number of nitrogens with zero attached hydrogens (tertiary/aromatic N) is 2. The van der Waals surface area contributed by atoms with Gasteiger partial charge in [0.25, 0.3) is 0 Å². The summed E-state index contributed by atoms with van der Waals surface area (Å²) in [5.74, 6) is -3.82. The summed E-state index contributed by atoms with van der Waals surface area (Å²) in [5, 5.41) is 16.4. The topological polar surface area (TPSA) is 191 Å². The molecule has 13 nitrogen and oxygen atoms in total. The summed E-state index contributed by atoms with van der Waals surface area (Å²) < 4.78 is 0. The van der Waals surface area contributed by atoms with Crippen molar-refractivity contribution in [1.82, 2.24) is 25.8 Å². The Morgan fingerprint density at radius 2 is 1.50 bits per heavy atom. The number of carbonyl (C=O) groups excluding carboxylic acids is 5. The van der Waals surface area contributed by atoms with Crippen molar-refractivity contribution in [3.05, 3.63) is 0 Å². The SMILES string of the molecule is C[C@H](NC(=O)[C@@H]1CCCN1C(=O)CN)C(=O)NCC(=O)N1CCC[C@H]1C(=O)N[C@@H](CS)C(=O)O. The van der Waals surface area contributed by atoms with Crippen LogP contribution in [0, 0.1) is 0 Å². The van der Waals surface area contributed by atoms with E-state index in [4.69, 9.17) is 10.8 Å². The van der Waals surface area contributed by atoms with E-state index < -0.39 is 53.8 Å². The molecule has 2 heterocycles. The molecule has 4 atom stereocenters. The number of hydrogen-bond acceptors (Lipinski definition) is 8. The van der Waals surface area contributed by atoms with Gasteiger partial charge in [-0.3, -0.25) is 24.0 Å². The van der Waals surface area contributed by atoms with Gasteiger partial charge >= 0.3 is 5.97 Å². The predicted molar refractivity (Wildman–Crippen MR) is 123 cm³/mol. The largest absolute Gasteiger partial charge is 0.480 e. The van der Waals surface area contributed by atoms with E-state index >= 15 is 0 Å². The van der Waals surface area contributed by atoms with Gasteiger partial charge in [-0.15, -0.1) is 0 Å².